The Labute approximate surface area is 149 Å². The van der Waals surface area contributed by atoms with E-state index in [0.717, 1.165) is 24.3 Å². The minimum atomic E-state index is -0.330. The average Bonchev–Trinajstić information content (AvgIpc) is 2.77. The highest BCUT2D eigenvalue weighted by Crippen LogP contribution is 2.16. The molecule has 1 heterocycles. The van der Waals surface area contributed by atoms with Gasteiger partial charge in [-0.05, 0) is 44.0 Å². The minimum absolute atomic E-state index is 0.0175. The molecule has 0 unspecified atom stereocenters. The van der Waals surface area contributed by atoms with Gasteiger partial charge in [0.2, 0.25) is 11.8 Å². The molecule has 0 radical (unpaired) electrons. The van der Waals surface area contributed by atoms with Gasteiger partial charge in [-0.15, -0.1) is 0 Å². The zero-order chi connectivity index (χ0) is 18.2. The summed E-state index contributed by atoms with van der Waals surface area (Å²) in [6.07, 6.45) is 4.35. The first kappa shape index (κ1) is 19.0. The Morgan fingerprint density at radius 2 is 2.04 bits per heavy atom. The van der Waals surface area contributed by atoms with E-state index in [1.807, 2.05) is 54.0 Å². The summed E-state index contributed by atoms with van der Waals surface area (Å²) in [6.45, 7) is 6.95. The van der Waals surface area contributed by atoms with Crippen molar-refractivity contribution in [1.29, 1.82) is 0 Å². The first-order valence-electron chi connectivity index (χ1n) is 8.68. The largest absolute Gasteiger partial charge is 0.491 e. The van der Waals surface area contributed by atoms with Crippen LogP contribution in [-0.2, 0) is 9.59 Å². The van der Waals surface area contributed by atoms with Crippen LogP contribution >= 0.6 is 0 Å². The van der Waals surface area contributed by atoms with Gasteiger partial charge >= 0.3 is 0 Å². The number of hydrogen-bond donors (Lipinski definition) is 1. The number of carbonyl (C=O) groups is 2. The fourth-order valence-corrected chi connectivity index (χ4v) is 2.81. The topological polar surface area (TPSA) is 75.9 Å². The predicted molar refractivity (Wildman–Crippen MR) is 98.1 cm³/mol. The molecule has 0 aliphatic carbocycles. The first-order valence-corrected chi connectivity index (χ1v) is 8.68. The molecule has 1 aromatic carbocycles. The fraction of sp³-hybridized carbons (Fsp3) is 0.474. The fourth-order valence-electron chi connectivity index (χ4n) is 2.81. The average molecular weight is 345 g/mol. The molecule has 6 nitrogen and oxygen atoms in total. The van der Waals surface area contributed by atoms with Crippen LogP contribution in [0.25, 0.3) is 6.08 Å². The Morgan fingerprint density at radius 1 is 1.24 bits per heavy atom. The Kier molecular flexibility index (Phi) is 7.01. The molecule has 0 aromatic heterocycles. The second kappa shape index (κ2) is 9.22. The van der Waals surface area contributed by atoms with E-state index in [0.29, 0.717) is 19.6 Å². The number of rotatable bonds is 6. The van der Waals surface area contributed by atoms with Gasteiger partial charge in [0.15, 0.2) is 0 Å². The van der Waals surface area contributed by atoms with E-state index in [2.05, 4.69) is 0 Å². The van der Waals surface area contributed by atoms with E-state index >= 15 is 0 Å². The van der Waals surface area contributed by atoms with Crippen LogP contribution in [0.4, 0.5) is 0 Å². The van der Waals surface area contributed by atoms with Gasteiger partial charge in [0.1, 0.15) is 5.75 Å². The monoisotopic (exact) mass is 345 g/mol. The molecular weight excluding hydrogens is 318 g/mol. The summed E-state index contributed by atoms with van der Waals surface area (Å²) in [4.78, 5) is 27.2. The Balaban J connectivity index is 1.92. The summed E-state index contributed by atoms with van der Waals surface area (Å²) in [6, 6.07) is 7.67. The number of ether oxygens (including phenoxy) is 1. The molecule has 0 atom stereocenters. The maximum atomic E-state index is 12.4. The molecule has 0 bridgehead atoms. The molecule has 0 saturated carbocycles. The van der Waals surface area contributed by atoms with E-state index < -0.39 is 0 Å². The number of primary amides is 1. The molecule has 25 heavy (non-hydrogen) atoms. The molecule has 6 heteroatoms. The number of hydrogen-bond acceptors (Lipinski definition) is 4. The molecule has 1 aliphatic rings. The lowest BCUT2D eigenvalue weighted by Gasteiger charge is -2.20. The lowest BCUT2D eigenvalue weighted by atomic mass is 10.2. The molecule has 2 N–H and O–H groups in total. The van der Waals surface area contributed by atoms with Crippen LogP contribution in [0.2, 0.25) is 0 Å². The third-order valence-electron chi connectivity index (χ3n) is 3.93. The van der Waals surface area contributed by atoms with Gasteiger partial charge in [0, 0.05) is 32.3 Å². The summed E-state index contributed by atoms with van der Waals surface area (Å²) in [5.41, 5.74) is 6.17. The quantitative estimate of drug-likeness (QED) is 0.793. The van der Waals surface area contributed by atoms with Gasteiger partial charge in [0.25, 0.3) is 0 Å². The van der Waals surface area contributed by atoms with Crippen LogP contribution in [0.5, 0.6) is 5.75 Å². The van der Waals surface area contributed by atoms with Crippen molar-refractivity contribution >= 4 is 17.9 Å². The molecule has 136 valence electrons. The summed E-state index contributed by atoms with van der Waals surface area (Å²) in [5.74, 6) is 0.445. The number of amides is 2. The van der Waals surface area contributed by atoms with Crippen LogP contribution in [0.15, 0.2) is 30.3 Å². The van der Waals surface area contributed by atoms with Crippen LogP contribution < -0.4 is 10.5 Å². The van der Waals surface area contributed by atoms with E-state index in [1.54, 1.807) is 6.08 Å². The van der Waals surface area contributed by atoms with Gasteiger partial charge < -0.3 is 15.4 Å². The maximum Gasteiger partial charge on any atom is 0.246 e. The van der Waals surface area contributed by atoms with Gasteiger partial charge in [-0.2, -0.15) is 0 Å². The van der Waals surface area contributed by atoms with Crippen LogP contribution in [0.1, 0.15) is 25.8 Å². The smallest absolute Gasteiger partial charge is 0.246 e. The number of carbonyl (C=O) groups excluding carboxylic acids is 2. The van der Waals surface area contributed by atoms with E-state index in [-0.39, 0.29) is 24.5 Å². The Bertz CT molecular complexity index is 628. The zero-order valence-electron chi connectivity index (χ0n) is 15.0. The minimum Gasteiger partial charge on any atom is -0.491 e. The molecule has 1 aromatic rings. The van der Waals surface area contributed by atoms with Crippen LogP contribution in [0.3, 0.4) is 0 Å². The normalized spacial score (nSPS) is 16.2. The van der Waals surface area contributed by atoms with Crippen LogP contribution in [0, 0.1) is 0 Å². The van der Waals surface area contributed by atoms with Crippen molar-refractivity contribution in [2.75, 3.05) is 32.7 Å². The molecule has 2 rings (SSSR count). The number of nitrogens with two attached hydrogens (primary N) is 1. The highest BCUT2D eigenvalue weighted by atomic mass is 16.5. The highest BCUT2D eigenvalue weighted by molar-refractivity contribution is 5.91. The summed E-state index contributed by atoms with van der Waals surface area (Å²) in [5, 5.41) is 0. The third-order valence-corrected chi connectivity index (χ3v) is 3.93. The lowest BCUT2D eigenvalue weighted by molar-refractivity contribution is -0.125. The predicted octanol–water partition coefficient (Wildman–Crippen LogP) is 1.51. The summed E-state index contributed by atoms with van der Waals surface area (Å²) < 4.78 is 5.67. The van der Waals surface area contributed by atoms with Crippen molar-refractivity contribution in [2.24, 2.45) is 5.73 Å². The first-order chi connectivity index (χ1) is 11.9. The molecule has 2 amide bonds. The van der Waals surface area contributed by atoms with E-state index in [4.69, 9.17) is 10.5 Å². The van der Waals surface area contributed by atoms with Crippen molar-refractivity contribution < 1.29 is 14.3 Å². The second-order valence-corrected chi connectivity index (χ2v) is 6.49. The van der Waals surface area contributed by atoms with Crippen molar-refractivity contribution in [2.45, 2.75) is 26.4 Å². The van der Waals surface area contributed by atoms with Crippen molar-refractivity contribution in [3.8, 4) is 5.75 Å². The van der Waals surface area contributed by atoms with Gasteiger partial charge in [0.05, 0.1) is 12.6 Å². The standard InChI is InChI=1S/C19H27N3O3/c1-15(2)25-17-6-3-5-16(13-17)7-8-19(24)22-10-4-9-21(11-12-22)14-18(20)23/h3,5-8,13,15H,4,9-12,14H2,1-2H3,(H2,20,23)/b8-7-. The second-order valence-electron chi connectivity index (χ2n) is 6.49. The van der Waals surface area contributed by atoms with E-state index in [9.17, 15) is 9.59 Å². The van der Waals surface area contributed by atoms with Gasteiger partial charge in [-0.3, -0.25) is 14.5 Å². The molecule has 1 fully saturated rings. The number of nitrogens with zero attached hydrogens (tertiary/aromatic N) is 2. The van der Waals surface area contributed by atoms with E-state index in [1.165, 1.54) is 0 Å². The summed E-state index contributed by atoms with van der Waals surface area (Å²) >= 11 is 0. The van der Waals surface area contributed by atoms with Crippen LogP contribution in [-0.4, -0.2) is 60.4 Å². The van der Waals surface area contributed by atoms with Gasteiger partial charge in [-0.1, -0.05) is 12.1 Å². The van der Waals surface area contributed by atoms with Crippen molar-refractivity contribution in [1.82, 2.24) is 9.80 Å². The molecule has 0 spiro atoms. The maximum absolute atomic E-state index is 12.4. The summed E-state index contributed by atoms with van der Waals surface area (Å²) in [7, 11) is 0. The third kappa shape index (κ3) is 6.58. The Hall–Kier alpha value is -2.34. The lowest BCUT2D eigenvalue weighted by Crippen LogP contribution is -2.37. The Morgan fingerprint density at radius 3 is 2.76 bits per heavy atom. The van der Waals surface area contributed by atoms with Crippen molar-refractivity contribution in [3.05, 3.63) is 35.9 Å². The van der Waals surface area contributed by atoms with Crippen molar-refractivity contribution in [3.63, 3.8) is 0 Å². The molecule has 1 aliphatic heterocycles. The van der Waals surface area contributed by atoms with Gasteiger partial charge in [-0.25, -0.2) is 0 Å². The number of benzene rings is 1. The SMILES string of the molecule is CC(C)Oc1cccc(/C=C\C(=O)N2CCCN(CC(N)=O)CC2)c1. The highest BCUT2D eigenvalue weighted by Gasteiger charge is 2.18. The zero-order valence-corrected chi connectivity index (χ0v) is 15.0. The molecular formula is C19H27N3O3. The molecule has 1 saturated heterocycles.